The van der Waals surface area contributed by atoms with Gasteiger partial charge < -0.3 is 19.5 Å². The van der Waals surface area contributed by atoms with Crippen molar-refractivity contribution in [2.45, 2.75) is 39.0 Å². The van der Waals surface area contributed by atoms with Gasteiger partial charge in [-0.05, 0) is 68.9 Å². The highest BCUT2D eigenvalue weighted by Gasteiger charge is 2.43. The second kappa shape index (κ2) is 9.69. The third-order valence-electron chi connectivity index (χ3n) is 6.04. The van der Waals surface area contributed by atoms with Crippen LogP contribution in [0.3, 0.4) is 0 Å². The van der Waals surface area contributed by atoms with Gasteiger partial charge >= 0.3 is 12.1 Å². The second-order valence-corrected chi connectivity index (χ2v) is 8.62. The fourth-order valence-corrected chi connectivity index (χ4v) is 4.93. The molecule has 2 atom stereocenters. The van der Waals surface area contributed by atoms with E-state index in [-0.39, 0.29) is 18.8 Å². The number of nitrogens with zero attached hydrogens (tertiary/aromatic N) is 3. The molecule has 35 heavy (non-hydrogen) atoms. The van der Waals surface area contributed by atoms with Crippen LogP contribution in [0.15, 0.2) is 54.7 Å². The molecule has 0 radical (unpaired) electrons. The van der Waals surface area contributed by atoms with Crippen molar-refractivity contribution in [2.75, 3.05) is 13.2 Å². The van der Waals surface area contributed by atoms with Crippen molar-refractivity contribution in [1.82, 2.24) is 19.8 Å². The lowest BCUT2D eigenvalue weighted by atomic mass is 9.96. The third-order valence-corrected chi connectivity index (χ3v) is 6.39. The molecule has 1 N–H and O–H groups in total. The van der Waals surface area contributed by atoms with Gasteiger partial charge in [0.1, 0.15) is 6.54 Å². The molecule has 1 aromatic carbocycles. The minimum Gasteiger partial charge on any atom is -0.465 e. The zero-order valence-corrected chi connectivity index (χ0v) is 20.3. The number of rotatable bonds is 6. The van der Waals surface area contributed by atoms with Crippen molar-refractivity contribution in [3.8, 4) is 5.69 Å². The molecule has 1 aliphatic rings. The van der Waals surface area contributed by atoms with Crippen LogP contribution in [0, 0.1) is 13.8 Å². The summed E-state index contributed by atoms with van der Waals surface area (Å²) < 4.78 is 48.2. The van der Waals surface area contributed by atoms with Crippen molar-refractivity contribution < 1.29 is 22.7 Å². The molecule has 0 spiro atoms. The molecule has 2 aromatic heterocycles. The molecule has 1 saturated heterocycles. The lowest BCUT2D eigenvalue weighted by Crippen LogP contribution is -2.35. The zero-order valence-electron chi connectivity index (χ0n) is 19.5. The molecule has 3 aromatic rings. The van der Waals surface area contributed by atoms with Gasteiger partial charge in [-0.3, -0.25) is 9.78 Å². The van der Waals surface area contributed by atoms with E-state index in [9.17, 15) is 18.0 Å². The standard InChI is InChI=1S/C25H25F3N4O2S/c1-4-34-21(33)14-31-23(22(30-24(31)35)19-10-7-8-12-29-19)17-13-15(2)32(16(17)3)20-11-6-5-9-18(20)25(26,27)28/h5-13,22-23H,4,14H2,1-3H3,(H,30,35)/t22-,23+/m1/s1. The van der Waals surface area contributed by atoms with E-state index in [1.165, 1.54) is 12.1 Å². The average Bonchev–Trinajstić information content (AvgIpc) is 3.29. The van der Waals surface area contributed by atoms with E-state index in [1.807, 2.05) is 18.2 Å². The van der Waals surface area contributed by atoms with E-state index in [0.717, 1.165) is 11.6 Å². The first-order chi connectivity index (χ1) is 16.6. The van der Waals surface area contributed by atoms with E-state index in [1.54, 1.807) is 48.6 Å². The maximum Gasteiger partial charge on any atom is 0.418 e. The smallest absolute Gasteiger partial charge is 0.418 e. The Labute approximate surface area is 206 Å². The van der Waals surface area contributed by atoms with Gasteiger partial charge in [0.2, 0.25) is 0 Å². The second-order valence-electron chi connectivity index (χ2n) is 8.24. The Hall–Kier alpha value is -3.40. The number of hydrogen-bond donors (Lipinski definition) is 1. The number of thiocarbonyl (C=S) groups is 1. The van der Waals surface area contributed by atoms with Crippen LogP contribution < -0.4 is 5.32 Å². The van der Waals surface area contributed by atoms with E-state index in [2.05, 4.69) is 10.3 Å². The first-order valence-electron chi connectivity index (χ1n) is 11.1. The topological polar surface area (TPSA) is 59.4 Å². The summed E-state index contributed by atoms with van der Waals surface area (Å²) >= 11 is 5.57. The van der Waals surface area contributed by atoms with Crippen LogP contribution in [0.1, 0.15) is 47.2 Å². The molecular weight excluding hydrogens is 477 g/mol. The average molecular weight is 503 g/mol. The minimum atomic E-state index is -4.51. The number of halogens is 3. The van der Waals surface area contributed by atoms with Gasteiger partial charge in [0.25, 0.3) is 0 Å². The number of esters is 1. The van der Waals surface area contributed by atoms with Crippen molar-refractivity contribution in [2.24, 2.45) is 0 Å². The summed E-state index contributed by atoms with van der Waals surface area (Å²) in [5.74, 6) is -0.445. The van der Waals surface area contributed by atoms with E-state index in [0.29, 0.717) is 22.2 Å². The third kappa shape index (κ3) is 4.75. The Morgan fingerprint density at radius 3 is 2.54 bits per heavy atom. The molecule has 10 heteroatoms. The molecule has 0 unspecified atom stereocenters. The lowest BCUT2D eigenvalue weighted by molar-refractivity contribution is -0.143. The van der Waals surface area contributed by atoms with Crippen LogP contribution in [0.2, 0.25) is 0 Å². The quantitative estimate of drug-likeness (QED) is 0.376. The summed E-state index contributed by atoms with van der Waals surface area (Å²) in [6, 6.07) is 11.9. The van der Waals surface area contributed by atoms with Crippen LogP contribution in [0.5, 0.6) is 0 Å². The highest BCUT2D eigenvalue weighted by molar-refractivity contribution is 7.80. The summed E-state index contributed by atoms with van der Waals surface area (Å²) in [4.78, 5) is 18.6. The molecule has 0 saturated carbocycles. The van der Waals surface area contributed by atoms with Gasteiger partial charge in [-0.2, -0.15) is 13.2 Å². The largest absolute Gasteiger partial charge is 0.465 e. The molecule has 3 heterocycles. The van der Waals surface area contributed by atoms with Crippen LogP contribution in [0.4, 0.5) is 13.2 Å². The molecular formula is C25H25F3N4O2S. The number of nitrogens with one attached hydrogen (secondary N) is 1. The normalized spacial score (nSPS) is 18.0. The minimum absolute atomic E-state index is 0.0427. The van der Waals surface area contributed by atoms with Crippen molar-refractivity contribution >= 4 is 23.3 Å². The number of hydrogen-bond acceptors (Lipinski definition) is 4. The van der Waals surface area contributed by atoms with Crippen LogP contribution in [0.25, 0.3) is 5.69 Å². The fourth-order valence-electron chi connectivity index (χ4n) is 4.63. The molecule has 184 valence electrons. The monoisotopic (exact) mass is 502 g/mol. The van der Waals surface area contributed by atoms with Gasteiger partial charge in [-0.15, -0.1) is 0 Å². The maximum absolute atomic E-state index is 13.8. The van der Waals surface area contributed by atoms with Gasteiger partial charge in [0.15, 0.2) is 5.11 Å². The van der Waals surface area contributed by atoms with E-state index < -0.39 is 29.8 Å². The van der Waals surface area contributed by atoms with Crippen molar-refractivity contribution in [3.63, 3.8) is 0 Å². The van der Waals surface area contributed by atoms with Crippen molar-refractivity contribution in [1.29, 1.82) is 0 Å². The molecule has 0 aliphatic carbocycles. The number of carbonyl (C=O) groups is 1. The number of alkyl halides is 3. The highest BCUT2D eigenvalue weighted by Crippen LogP contribution is 2.42. The summed E-state index contributed by atoms with van der Waals surface area (Å²) in [5, 5.41) is 3.59. The number of aromatic nitrogens is 2. The Kier molecular flexibility index (Phi) is 6.84. The molecule has 1 aliphatic heterocycles. The summed E-state index contributed by atoms with van der Waals surface area (Å²) in [5.41, 5.74) is 2.01. The van der Waals surface area contributed by atoms with Gasteiger partial charge in [-0.25, -0.2) is 0 Å². The zero-order chi connectivity index (χ0) is 25.3. The van der Waals surface area contributed by atoms with Gasteiger partial charge in [-0.1, -0.05) is 18.2 Å². The fraction of sp³-hybridized carbons (Fsp3) is 0.320. The number of para-hydroxylation sites is 1. The van der Waals surface area contributed by atoms with Gasteiger partial charge in [0.05, 0.1) is 35.6 Å². The number of ether oxygens (including phenoxy) is 1. The molecule has 0 bridgehead atoms. The lowest BCUT2D eigenvalue weighted by Gasteiger charge is -2.27. The summed E-state index contributed by atoms with van der Waals surface area (Å²) in [6.45, 7) is 5.38. The van der Waals surface area contributed by atoms with E-state index >= 15 is 0 Å². The molecule has 0 amide bonds. The number of carbonyl (C=O) groups excluding carboxylic acids is 1. The molecule has 4 rings (SSSR count). The summed E-state index contributed by atoms with van der Waals surface area (Å²) in [7, 11) is 0. The predicted molar refractivity (Wildman–Crippen MR) is 129 cm³/mol. The summed E-state index contributed by atoms with van der Waals surface area (Å²) in [6.07, 6.45) is -2.85. The van der Waals surface area contributed by atoms with Crippen molar-refractivity contribution in [3.05, 3.63) is 82.9 Å². The Bertz CT molecular complexity index is 1240. The maximum atomic E-state index is 13.8. The number of aryl methyl sites for hydroxylation is 1. The van der Waals surface area contributed by atoms with Crippen LogP contribution in [-0.2, 0) is 15.7 Å². The molecule has 6 nitrogen and oxygen atoms in total. The number of pyridine rings is 1. The first-order valence-corrected chi connectivity index (χ1v) is 11.5. The van der Waals surface area contributed by atoms with Gasteiger partial charge in [0, 0.05) is 17.6 Å². The van der Waals surface area contributed by atoms with Crippen LogP contribution >= 0.6 is 12.2 Å². The van der Waals surface area contributed by atoms with E-state index in [4.69, 9.17) is 17.0 Å². The first kappa shape index (κ1) is 24.7. The molecule has 1 fully saturated rings. The van der Waals surface area contributed by atoms with Crippen LogP contribution in [-0.4, -0.2) is 38.7 Å². The highest BCUT2D eigenvalue weighted by atomic mass is 32.1. The Morgan fingerprint density at radius 2 is 1.89 bits per heavy atom. The SMILES string of the molecule is CCOC(=O)CN1C(=S)N[C@H](c2ccccn2)[C@@H]1c1cc(C)n(-c2ccccc2C(F)(F)F)c1C. The number of benzene rings is 1. The predicted octanol–water partition coefficient (Wildman–Crippen LogP) is 5.04. The Balaban J connectivity index is 1.86. The Morgan fingerprint density at radius 1 is 1.17 bits per heavy atom.